The van der Waals surface area contributed by atoms with Crippen LogP contribution in [0.15, 0.2) is 40.5 Å². The van der Waals surface area contributed by atoms with E-state index in [1.54, 1.807) is 0 Å². The number of aromatic amines is 1. The molecule has 4 aromatic rings. The van der Waals surface area contributed by atoms with Gasteiger partial charge in [-0.1, -0.05) is 6.07 Å². The number of hydrogen-bond donors (Lipinski definition) is 1. The van der Waals surface area contributed by atoms with Crippen molar-refractivity contribution in [3.05, 3.63) is 69.2 Å². The first kappa shape index (κ1) is 18.3. The van der Waals surface area contributed by atoms with Crippen molar-refractivity contribution in [2.24, 2.45) is 0 Å². The molecule has 3 aromatic heterocycles. The Hall–Kier alpha value is -3.08. The SMILES string of the molecule is O=c1cc(-c2cc(F)c(F)cc2F)nc2c(-c3cccs3)c(C(F)(F)F)[nH]n12. The summed E-state index contributed by atoms with van der Waals surface area (Å²) in [6.45, 7) is 0. The summed E-state index contributed by atoms with van der Waals surface area (Å²) in [4.78, 5) is 16.4. The molecule has 0 fully saturated rings. The zero-order chi connectivity index (χ0) is 20.2. The minimum atomic E-state index is -4.83. The maximum Gasteiger partial charge on any atom is 0.433 e. The summed E-state index contributed by atoms with van der Waals surface area (Å²) < 4.78 is 81.7. The van der Waals surface area contributed by atoms with E-state index >= 15 is 0 Å². The Kier molecular flexibility index (Phi) is 4.07. The summed E-state index contributed by atoms with van der Waals surface area (Å²) >= 11 is 0.982. The molecule has 0 saturated carbocycles. The molecule has 1 N–H and O–H groups in total. The van der Waals surface area contributed by atoms with Crippen LogP contribution in [0, 0.1) is 17.5 Å². The second kappa shape index (κ2) is 6.23. The van der Waals surface area contributed by atoms with Gasteiger partial charge in [-0.3, -0.25) is 9.89 Å². The molecular weight excluding hydrogens is 408 g/mol. The van der Waals surface area contributed by atoms with E-state index in [-0.39, 0.29) is 10.9 Å². The standard InChI is InChI=1S/C17H7F6N3OS/c18-8-5-10(20)9(19)4-7(8)11-6-13(27)26-16(24-11)14(12-2-1-3-28-12)15(25-26)17(21,22)23/h1-6,25H. The molecule has 0 atom stereocenters. The van der Waals surface area contributed by atoms with Crippen molar-refractivity contribution in [1.29, 1.82) is 0 Å². The van der Waals surface area contributed by atoms with Crippen molar-refractivity contribution in [2.45, 2.75) is 6.18 Å². The van der Waals surface area contributed by atoms with Crippen LogP contribution in [-0.2, 0) is 6.18 Å². The van der Waals surface area contributed by atoms with Gasteiger partial charge in [0.2, 0.25) is 0 Å². The van der Waals surface area contributed by atoms with Gasteiger partial charge in [-0.2, -0.15) is 13.2 Å². The number of hydrogen-bond acceptors (Lipinski definition) is 3. The van der Waals surface area contributed by atoms with E-state index < -0.39 is 57.3 Å². The third-order valence-corrected chi connectivity index (χ3v) is 4.84. The summed E-state index contributed by atoms with van der Waals surface area (Å²) in [5, 5.41) is 3.51. The number of aromatic nitrogens is 3. The van der Waals surface area contributed by atoms with E-state index in [4.69, 9.17) is 0 Å². The minimum absolute atomic E-state index is 0.167. The summed E-state index contributed by atoms with van der Waals surface area (Å²) in [5.41, 5.74) is -3.97. The van der Waals surface area contributed by atoms with Gasteiger partial charge in [0.1, 0.15) is 11.5 Å². The van der Waals surface area contributed by atoms with Crippen LogP contribution >= 0.6 is 11.3 Å². The molecule has 11 heteroatoms. The highest BCUT2D eigenvalue weighted by Crippen LogP contribution is 2.40. The van der Waals surface area contributed by atoms with E-state index in [1.807, 2.05) is 5.10 Å². The van der Waals surface area contributed by atoms with Crippen molar-refractivity contribution in [3.63, 3.8) is 0 Å². The predicted molar refractivity (Wildman–Crippen MR) is 89.4 cm³/mol. The quantitative estimate of drug-likeness (QED) is 0.376. The Morgan fingerprint density at radius 2 is 1.75 bits per heavy atom. The lowest BCUT2D eigenvalue weighted by Gasteiger charge is -2.06. The second-order valence-corrected chi connectivity index (χ2v) is 6.67. The Labute approximate surface area is 155 Å². The molecule has 0 aliphatic carbocycles. The smallest absolute Gasteiger partial charge is 0.284 e. The van der Waals surface area contributed by atoms with E-state index in [0.29, 0.717) is 10.6 Å². The molecule has 0 bridgehead atoms. The molecule has 3 heterocycles. The van der Waals surface area contributed by atoms with Crippen LogP contribution < -0.4 is 5.56 Å². The number of fused-ring (bicyclic) bond motifs is 1. The third kappa shape index (κ3) is 2.87. The number of halogens is 6. The molecule has 4 nitrogen and oxygen atoms in total. The van der Waals surface area contributed by atoms with Gasteiger partial charge in [0.05, 0.1) is 11.3 Å². The van der Waals surface area contributed by atoms with Crippen LogP contribution in [0.4, 0.5) is 26.3 Å². The van der Waals surface area contributed by atoms with Crippen molar-refractivity contribution < 1.29 is 26.3 Å². The third-order valence-electron chi connectivity index (χ3n) is 3.95. The summed E-state index contributed by atoms with van der Waals surface area (Å²) in [5.74, 6) is -4.04. The Morgan fingerprint density at radius 3 is 2.39 bits per heavy atom. The molecule has 1 aromatic carbocycles. The molecule has 0 radical (unpaired) electrons. The van der Waals surface area contributed by atoms with E-state index in [0.717, 1.165) is 17.4 Å². The highest BCUT2D eigenvalue weighted by molar-refractivity contribution is 7.13. The lowest BCUT2D eigenvalue weighted by atomic mass is 10.1. The van der Waals surface area contributed by atoms with E-state index in [1.165, 1.54) is 17.5 Å². The predicted octanol–water partition coefficient (Wildman–Crippen LogP) is 4.85. The van der Waals surface area contributed by atoms with Gasteiger partial charge in [0.25, 0.3) is 5.56 Å². The van der Waals surface area contributed by atoms with Gasteiger partial charge in [-0.25, -0.2) is 22.7 Å². The monoisotopic (exact) mass is 415 g/mol. The van der Waals surface area contributed by atoms with Crippen LogP contribution in [0.25, 0.3) is 27.3 Å². The molecule has 0 saturated heterocycles. The first-order valence-corrected chi connectivity index (χ1v) is 8.46. The minimum Gasteiger partial charge on any atom is -0.284 e. The Balaban J connectivity index is 2.08. The molecule has 4 rings (SSSR count). The van der Waals surface area contributed by atoms with Gasteiger partial charge in [0, 0.05) is 22.6 Å². The van der Waals surface area contributed by atoms with Crippen molar-refractivity contribution in [3.8, 4) is 21.7 Å². The fourth-order valence-electron chi connectivity index (χ4n) is 2.75. The number of nitrogens with one attached hydrogen (secondary N) is 1. The van der Waals surface area contributed by atoms with E-state index in [2.05, 4.69) is 4.98 Å². The Morgan fingerprint density at radius 1 is 1.04 bits per heavy atom. The van der Waals surface area contributed by atoms with Gasteiger partial charge < -0.3 is 0 Å². The molecule has 0 spiro atoms. The fourth-order valence-corrected chi connectivity index (χ4v) is 3.53. The van der Waals surface area contributed by atoms with Crippen molar-refractivity contribution in [2.75, 3.05) is 0 Å². The van der Waals surface area contributed by atoms with Gasteiger partial charge >= 0.3 is 6.18 Å². The zero-order valence-electron chi connectivity index (χ0n) is 13.4. The number of alkyl halides is 3. The largest absolute Gasteiger partial charge is 0.433 e. The number of benzene rings is 1. The number of thiophene rings is 1. The molecule has 0 aliphatic rings. The molecule has 0 aliphatic heterocycles. The van der Waals surface area contributed by atoms with Gasteiger partial charge in [-0.15, -0.1) is 11.3 Å². The van der Waals surface area contributed by atoms with Crippen LogP contribution in [0.5, 0.6) is 0 Å². The molecule has 0 amide bonds. The topological polar surface area (TPSA) is 50.2 Å². The first-order chi connectivity index (χ1) is 13.2. The first-order valence-electron chi connectivity index (χ1n) is 7.58. The van der Waals surface area contributed by atoms with Gasteiger partial charge in [-0.05, 0) is 17.5 Å². The number of nitrogens with zero attached hydrogens (tertiary/aromatic N) is 2. The van der Waals surface area contributed by atoms with E-state index in [9.17, 15) is 31.1 Å². The molecule has 0 unspecified atom stereocenters. The second-order valence-electron chi connectivity index (χ2n) is 5.72. The lowest BCUT2D eigenvalue weighted by Crippen LogP contribution is -2.15. The Bertz CT molecular complexity index is 1260. The molecule has 144 valence electrons. The normalized spacial score (nSPS) is 12.1. The average Bonchev–Trinajstić information content (AvgIpc) is 3.24. The van der Waals surface area contributed by atoms with Gasteiger partial charge in [0.15, 0.2) is 17.3 Å². The summed E-state index contributed by atoms with van der Waals surface area (Å²) in [6.07, 6.45) is -4.83. The van der Waals surface area contributed by atoms with Crippen LogP contribution in [0.1, 0.15) is 5.69 Å². The zero-order valence-corrected chi connectivity index (χ0v) is 14.3. The highest BCUT2D eigenvalue weighted by atomic mass is 32.1. The lowest BCUT2D eigenvalue weighted by molar-refractivity contribution is -0.140. The van der Waals surface area contributed by atoms with Crippen molar-refractivity contribution in [1.82, 2.24) is 14.6 Å². The number of H-pyrrole nitrogens is 1. The summed E-state index contributed by atoms with van der Waals surface area (Å²) in [6, 6.07) is 4.41. The highest BCUT2D eigenvalue weighted by Gasteiger charge is 2.38. The molecular formula is C17H7F6N3OS. The molecule has 28 heavy (non-hydrogen) atoms. The maximum atomic E-state index is 14.1. The average molecular weight is 415 g/mol. The van der Waals surface area contributed by atoms with Crippen LogP contribution in [0.3, 0.4) is 0 Å². The summed E-state index contributed by atoms with van der Waals surface area (Å²) in [7, 11) is 0. The van der Waals surface area contributed by atoms with Crippen LogP contribution in [0.2, 0.25) is 0 Å². The number of rotatable bonds is 2. The fraction of sp³-hybridized carbons (Fsp3) is 0.0588. The van der Waals surface area contributed by atoms with Crippen molar-refractivity contribution >= 4 is 17.0 Å². The van der Waals surface area contributed by atoms with Crippen LogP contribution in [-0.4, -0.2) is 14.6 Å². The maximum absolute atomic E-state index is 14.1.